The monoisotopic (exact) mass is 607 g/mol. The summed E-state index contributed by atoms with van der Waals surface area (Å²) in [6.07, 6.45) is 1.84. The van der Waals surface area contributed by atoms with Crippen molar-refractivity contribution in [1.29, 1.82) is 0 Å². The van der Waals surface area contributed by atoms with Crippen LogP contribution < -0.4 is 14.4 Å². The number of aryl methyl sites for hydroxylation is 1. The molecule has 0 aliphatic carbocycles. The Morgan fingerprint density at radius 1 is 0.930 bits per heavy atom. The fourth-order valence-corrected chi connectivity index (χ4v) is 5.84. The molecule has 3 aromatic carbocycles. The van der Waals surface area contributed by atoms with Crippen molar-refractivity contribution in [2.75, 3.05) is 30.3 Å². The molecule has 0 fully saturated rings. The summed E-state index contributed by atoms with van der Waals surface area (Å²) < 4.78 is 32.6. The first-order chi connectivity index (χ1) is 20.5. The van der Waals surface area contributed by atoms with Gasteiger partial charge in [-0.25, -0.2) is 8.42 Å². The van der Waals surface area contributed by atoms with Crippen LogP contribution in [-0.2, 0) is 32.6 Å². The number of sulfonamides is 1. The number of amides is 2. The number of ether oxygens (including phenoxy) is 1. The number of hydrogen-bond donors (Lipinski definition) is 1. The quantitative estimate of drug-likeness (QED) is 0.237. The molecule has 3 aromatic rings. The lowest BCUT2D eigenvalue weighted by molar-refractivity contribution is -0.141. The van der Waals surface area contributed by atoms with Crippen molar-refractivity contribution in [2.45, 2.75) is 59.5 Å². The van der Waals surface area contributed by atoms with E-state index in [9.17, 15) is 18.0 Å². The van der Waals surface area contributed by atoms with Crippen molar-refractivity contribution >= 4 is 27.5 Å². The number of carbonyl (C=O) groups excluding carboxylic acids is 2. The number of benzene rings is 3. The Morgan fingerprint density at radius 2 is 1.58 bits per heavy atom. The summed E-state index contributed by atoms with van der Waals surface area (Å²) >= 11 is 0. The largest absolute Gasteiger partial charge is 0.492 e. The van der Waals surface area contributed by atoms with Gasteiger partial charge in [-0.2, -0.15) is 0 Å². The number of nitrogens with zero attached hydrogens (tertiary/aromatic N) is 2. The zero-order valence-electron chi connectivity index (χ0n) is 26.0. The zero-order chi connectivity index (χ0) is 31.4. The summed E-state index contributed by atoms with van der Waals surface area (Å²) in [7, 11) is -3.65. The van der Waals surface area contributed by atoms with E-state index in [-0.39, 0.29) is 43.7 Å². The number of hydrogen-bond acceptors (Lipinski definition) is 5. The third-order valence-electron chi connectivity index (χ3n) is 7.14. The van der Waals surface area contributed by atoms with Gasteiger partial charge in [-0.1, -0.05) is 80.6 Å². The molecule has 9 heteroatoms. The molecule has 0 aliphatic heterocycles. The Balaban J connectivity index is 1.90. The minimum atomic E-state index is -3.65. The number of anilines is 1. The van der Waals surface area contributed by atoms with Crippen LogP contribution in [0.3, 0.4) is 0 Å². The molecule has 1 atom stereocenters. The van der Waals surface area contributed by atoms with Gasteiger partial charge in [-0.05, 0) is 55.0 Å². The highest BCUT2D eigenvalue weighted by Gasteiger charge is 2.31. The predicted octanol–water partition coefficient (Wildman–Crippen LogP) is 5.35. The fourth-order valence-electron chi connectivity index (χ4n) is 4.87. The zero-order valence-corrected chi connectivity index (χ0v) is 26.8. The molecular weight excluding hydrogens is 562 g/mol. The minimum Gasteiger partial charge on any atom is -0.492 e. The molecule has 232 valence electrons. The molecule has 3 rings (SSSR count). The number of nitrogens with one attached hydrogen (secondary N) is 1. The molecule has 43 heavy (non-hydrogen) atoms. The van der Waals surface area contributed by atoms with Crippen LogP contribution in [0.5, 0.6) is 5.75 Å². The summed E-state index contributed by atoms with van der Waals surface area (Å²) in [5, 5.41) is 3.04. The van der Waals surface area contributed by atoms with Crippen molar-refractivity contribution < 1.29 is 22.7 Å². The second kappa shape index (κ2) is 16.1. The van der Waals surface area contributed by atoms with Gasteiger partial charge >= 0.3 is 0 Å². The summed E-state index contributed by atoms with van der Waals surface area (Å²) in [5.41, 5.74) is 3.36. The second-order valence-corrected chi connectivity index (χ2v) is 13.0. The van der Waals surface area contributed by atoms with Gasteiger partial charge in [0.25, 0.3) is 0 Å². The second-order valence-electron chi connectivity index (χ2n) is 11.1. The Labute approximate surface area is 257 Å². The van der Waals surface area contributed by atoms with Crippen LogP contribution in [0, 0.1) is 12.8 Å². The highest BCUT2D eigenvalue weighted by atomic mass is 32.2. The first-order valence-electron chi connectivity index (χ1n) is 14.9. The Kier molecular flexibility index (Phi) is 12.6. The van der Waals surface area contributed by atoms with Gasteiger partial charge in [0.15, 0.2) is 0 Å². The molecule has 8 nitrogen and oxygen atoms in total. The number of carbonyl (C=O) groups is 2. The summed E-state index contributed by atoms with van der Waals surface area (Å²) in [5.74, 6) is 0.300. The van der Waals surface area contributed by atoms with Crippen LogP contribution in [0.2, 0.25) is 0 Å². The number of rotatable bonds is 16. The standard InChI is InChI=1S/C34H45N3O5S/c1-6-42-32-20-13-12-19-30(32)37(43(5,40)41)22-14-21-33(38)36(25-29-18-11-10-15-27(29)4)31(34(39)35-24-26(2)3)23-28-16-8-7-9-17-28/h7-13,15-20,26,31H,6,14,21-25H2,1-5H3,(H,35,39)/t31-/m1/s1. The van der Waals surface area contributed by atoms with E-state index in [4.69, 9.17) is 4.74 Å². The molecule has 1 N–H and O–H groups in total. The van der Waals surface area contributed by atoms with Crippen LogP contribution >= 0.6 is 0 Å². The molecule has 0 bridgehead atoms. The molecule has 0 radical (unpaired) electrons. The van der Waals surface area contributed by atoms with Crippen molar-refractivity contribution in [2.24, 2.45) is 5.92 Å². The third kappa shape index (κ3) is 10.1. The molecule has 2 amide bonds. The van der Waals surface area contributed by atoms with Gasteiger partial charge in [-0.3, -0.25) is 13.9 Å². The summed E-state index contributed by atoms with van der Waals surface area (Å²) in [4.78, 5) is 29.3. The molecule has 0 heterocycles. The normalized spacial score (nSPS) is 12.0. The van der Waals surface area contributed by atoms with E-state index in [1.165, 1.54) is 4.31 Å². The average Bonchev–Trinajstić information content (AvgIpc) is 2.97. The smallest absolute Gasteiger partial charge is 0.243 e. The maximum atomic E-state index is 14.0. The predicted molar refractivity (Wildman–Crippen MR) is 173 cm³/mol. The first-order valence-corrected chi connectivity index (χ1v) is 16.7. The van der Waals surface area contributed by atoms with E-state index in [0.717, 1.165) is 22.9 Å². The summed E-state index contributed by atoms with van der Waals surface area (Å²) in [6, 6.07) is 23.8. The van der Waals surface area contributed by atoms with Crippen molar-refractivity contribution in [3.8, 4) is 5.75 Å². The number of para-hydroxylation sites is 2. The van der Waals surface area contributed by atoms with E-state index >= 15 is 0 Å². The lowest BCUT2D eigenvalue weighted by atomic mass is 10.0. The van der Waals surface area contributed by atoms with Crippen molar-refractivity contribution in [1.82, 2.24) is 10.2 Å². The highest BCUT2D eigenvalue weighted by molar-refractivity contribution is 7.92. The Morgan fingerprint density at radius 3 is 2.23 bits per heavy atom. The van der Waals surface area contributed by atoms with Gasteiger partial charge in [-0.15, -0.1) is 0 Å². The van der Waals surface area contributed by atoms with Gasteiger partial charge < -0.3 is 15.0 Å². The first kappa shape index (κ1) is 33.6. The SMILES string of the molecule is CCOc1ccccc1N(CCCC(=O)N(Cc1ccccc1C)[C@H](Cc1ccccc1)C(=O)NCC(C)C)S(C)(=O)=O. The van der Waals surface area contributed by atoms with Crippen LogP contribution in [-0.4, -0.2) is 57.1 Å². The Bertz CT molecular complexity index is 1440. The molecule has 0 saturated heterocycles. The Hall–Kier alpha value is -3.85. The van der Waals surface area contributed by atoms with Gasteiger partial charge in [0.2, 0.25) is 21.8 Å². The molecule has 0 unspecified atom stereocenters. The van der Waals surface area contributed by atoms with Crippen molar-refractivity contribution in [3.05, 3.63) is 95.6 Å². The maximum absolute atomic E-state index is 14.0. The fraction of sp³-hybridized carbons (Fsp3) is 0.412. The van der Waals surface area contributed by atoms with E-state index in [1.807, 2.05) is 82.3 Å². The van der Waals surface area contributed by atoms with Crippen LogP contribution in [0.1, 0.15) is 50.3 Å². The van der Waals surface area contributed by atoms with E-state index < -0.39 is 16.1 Å². The van der Waals surface area contributed by atoms with Gasteiger partial charge in [0, 0.05) is 32.5 Å². The van der Waals surface area contributed by atoms with Crippen molar-refractivity contribution in [3.63, 3.8) is 0 Å². The molecule has 0 aliphatic rings. The molecule has 0 aromatic heterocycles. The molecule has 0 spiro atoms. The topological polar surface area (TPSA) is 96.0 Å². The molecule has 0 saturated carbocycles. The lowest BCUT2D eigenvalue weighted by Crippen LogP contribution is -2.51. The van der Waals surface area contributed by atoms with Gasteiger partial charge in [0.1, 0.15) is 11.8 Å². The van der Waals surface area contributed by atoms with Crippen LogP contribution in [0.15, 0.2) is 78.9 Å². The lowest BCUT2D eigenvalue weighted by Gasteiger charge is -2.32. The van der Waals surface area contributed by atoms with E-state index in [1.54, 1.807) is 29.2 Å². The average molecular weight is 608 g/mol. The summed E-state index contributed by atoms with van der Waals surface area (Å²) in [6.45, 7) is 9.13. The highest BCUT2D eigenvalue weighted by Crippen LogP contribution is 2.30. The van der Waals surface area contributed by atoms with Gasteiger partial charge in [0.05, 0.1) is 18.6 Å². The minimum absolute atomic E-state index is 0.0669. The third-order valence-corrected chi connectivity index (χ3v) is 8.32. The van der Waals surface area contributed by atoms with Crippen LogP contribution in [0.25, 0.3) is 0 Å². The van der Waals surface area contributed by atoms with E-state index in [0.29, 0.717) is 31.0 Å². The van der Waals surface area contributed by atoms with E-state index in [2.05, 4.69) is 5.32 Å². The van der Waals surface area contributed by atoms with Crippen LogP contribution in [0.4, 0.5) is 5.69 Å². The molecular formula is C34H45N3O5S. The maximum Gasteiger partial charge on any atom is 0.243 e.